The lowest BCUT2D eigenvalue weighted by molar-refractivity contribution is -0.122. The Morgan fingerprint density at radius 3 is 2.31 bits per heavy atom. The van der Waals surface area contributed by atoms with Crippen LogP contribution < -0.4 is 10.9 Å². The van der Waals surface area contributed by atoms with Crippen molar-refractivity contribution in [1.29, 1.82) is 0 Å². The zero-order valence-corrected chi connectivity index (χ0v) is 16.2. The van der Waals surface area contributed by atoms with Gasteiger partial charge in [-0.3, -0.25) is 9.59 Å². The summed E-state index contributed by atoms with van der Waals surface area (Å²) in [7, 11) is 0. The molecule has 140 valence electrons. The van der Waals surface area contributed by atoms with Crippen molar-refractivity contribution in [3.8, 4) is 0 Å². The van der Waals surface area contributed by atoms with Gasteiger partial charge >= 0.3 is 0 Å². The summed E-state index contributed by atoms with van der Waals surface area (Å²) < 4.78 is 1.56. The van der Waals surface area contributed by atoms with E-state index in [9.17, 15) is 9.59 Å². The number of hydrogen-bond acceptors (Lipinski definition) is 2. The van der Waals surface area contributed by atoms with E-state index >= 15 is 0 Å². The number of nitrogens with one attached hydrogen (secondary N) is 1. The number of aryl methyl sites for hydroxylation is 1. The van der Waals surface area contributed by atoms with Crippen molar-refractivity contribution in [2.45, 2.75) is 53.1 Å². The first-order valence-electron chi connectivity index (χ1n) is 9.40. The van der Waals surface area contributed by atoms with Gasteiger partial charge in [0.15, 0.2) is 0 Å². The molecule has 1 unspecified atom stereocenters. The summed E-state index contributed by atoms with van der Waals surface area (Å²) in [4.78, 5) is 24.1. The molecule has 0 saturated carbocycles. The molecule has 0 aliphatic carbocycles. The van der Waals surface area contributed by atoms with Crippen LogP contribution in [0.1, 0.15) is 51.3 Å². The number of benzene rings is 1. The number of nitrogens with zero attached hydrogens (tertiary/aromatic N) is 1. The van der Waals surface area contributed by atoms with Crippen LogP contribution in [0.25, 0.3) is 0 Å². The van der Waals surface area contributed by atoms with Gasteiger partial charge in [-0.25, -0.2) is 0 Å². The van der Waals surface area contributed by atoms with Gasteiger partial charge < -0.3 is 9.88 Å². The van der Waals surface area contributed by atoms with Gasteiger partial charge in [0, 0.05) is 25.2 Å². The topological polar surface area (TPSA) is 51.1 Å². The lowest BCUT2D eigenvalue weighted by Crippen LogP contribution is -2.33. The van der Waals surface area contributed by atoms with Crippen LogP contribution in [0.15, 0.2) is 53.5 Å². The minimum atomic E-state index is -0.0820. The van der Waals surface area contributed by atoms with Gasteiger partial charge in [-0.15, -0.1) is 0 Å². The van der Waals surface area contributed by atoms with Crippen LogP contribution in [0.5, 0.6) is 0 Å². The van der Waals surface area contributed by atoms with Crippen molar-refractivity contribution in [3.63, 3.8) is 0 Å². The molecule has 2 rings (SSSR count). The van der Waals surface area contributed by atoms with E-state index in [0.29, 0.717) is 18.9 Å². The Bertz CT molecular complexity index is 760. The van der Waals surface area contributed by atoms with Gasteiger partial charge in [-0.1, -0.05) is 58.0 Å². The van der Waals surface area contributed by atoms with Crippen LogP contribution in [-0.2, 0) is 17.8 Å². The first kappa shape index (κ1) is 20.0. The maximum Gasteiger partial charge on any atom is 0.250 e. The SMILES string of the molecule is CC(C)Cc1ccc(C(NC(=O)CCn2ccccc2=O)C(C)C)cc1. The van der Waals surface area contributed by atoms with Crippen molar-refractivity contribution in [1.82, 2.24) is 9.88 Å². The first-order valence-corrected chi connectivity index (χ1v) is 9.40. The van der Waals surface area contributed by atoms with Crippen molar-refractivity contribution in [3.05, 3.63) is 70.1 Å². The van der Waals surface area contributed by atoms with Gasteiger partial charge in [-0.05, 0) is 35.4 Å². The molecule has 0 radical (unpaired) electrons. The molecule has 4 heteroatoms. The van der Waals surface area contributed by atoms with Gasteiger partial charge in [0.2, 0.25) is 5.91 Å². The highest BCUT2D eigenvalue weighted by Crippen LogP contribution is 2.23. The third-order valence-corrected chi connectivity index (χ3v) is 4.44. The minimum Gasteiger partial charge on any atom is -0.349 e. The Balaban J connectivity index is 2.00. The molecule has 1 aromatic heterocycles. The van der Waals surface area contributed by atoms with E-state index in [1.807, 2.05) is 0 Å². The first-order chi connectivity index (χ1) is 12.4. The molecular formula is C22H30N2O2. The number of carbonyl (C=O) groups excluding carboxylic acids is 1. The molecule has 1 atom stereocenters. The third kappa shape index (κ3) is 5.87. The molecule has 4 nitrogen and oxygen atoms in total. The van der Waals surface area contributed by atoms with Gasteiger partial charge in [0.1, 0.15) is 0 Å². The van der Waals surface area contributed by atoms with Crippen LogP contribution in [0, 0.1) is 11.8 Å². The summed E-state index contributed by atoms with van der Waals surface area (Å²) in [5.74, 6) is 0.878. The molecule has 1 aromatic carbocycles. The Morgan fingerprint density at radius 2 is 1.73 bits per heavy atom. The van der Waals surface area contributed by atoms with Gasteiger partial charge in [0.05, 0.1) is 6.04 Å². The van der Waals surface area contributed by atoms with Crippen molar-refractivity contribution >= 4 is 5.91 Å². The lowest BCUT2D eigenvalue weighted by Gasteiger charge is -2.23. The van der Waals surface area contributed by atoms with Crippen LogP contribution in [0.2, 0.25) is 0 Å². The third-order valence-electron chi connectivity index (χ3n) is 4.44. The highest BCUT2D eigenvalue weighted by Gasteiger charge is 2.18. The maximum atomic E-state index is 12.4. The standard InChI is InChI=1S/C22H30N2O2/c1-16(2)15-18-8-10-19(11-9-18)22(17(3)4)23-20(25)12-14-24-13-6-5-7-21(24)26/h5-11,13,16-17,22H,12,14-15H2,1-4H3,(H,23,25). The van der Waals surface area contributed by atoms with Crippen molar-refractivity contribution < 1.29 is 4.79 Å². The quantitative estimate of drug-likeness (QED) is 0.780. The fourth-order valence-corrected chi connectivity index (χ4v) is 3.08. The number of pyridine rings is 1. The predicted molar refractivity (Wildman–Crippen MR) is 106 cm³/mol. The van der Waals surface area contributed by atoms with E-state index < -0.39 is 0 Å². The number of rotatable bonds is 8. The molecule has 0 fully saturated rings. The predicted octanol–water partition coefficient (Wildman–Crippen LogP) is 3.95. The largest absolute Gasteiger partial charge is 0.349 e. The summed E-state index contributed by atoms with van der Waals surface area (Å²) in [6, 6.07) is 13.5. The van der Waals surface area contributed by atoms with E-state index in [0.717, 1.165) is 12.0 Å². The van der Waals surface area contributed by atoms with E-state index in [2.05, 4.69) is 57.3 Å². The molecule has 1 amide bonds. The normalized spacial score (nSPS) is 12.4. The fraction of sp³-hybridized carbons (Fsp3) is 0.455. The highest BCUT2D eigenvalue weighted by molar-refractivity contribution is 5.76. The van der Waals surface area contributed by atoms with Gasteiger partial charge in [-0.2, -0.15) is 0 Å². The Labute approximate surface area is 156 Å². The molecule has 1 N–H and O–H groups in total. The molecular weight excluding hydrogens is 324 g/mol. The van der Waals surface area contributed by atoms with Gasteiger partial charge in [0.25, 0.3) is 5.56 Å². The molecule has 26 heavy (non-hydrogen) atoms. The fourth-order valence-electron chi connectivity index (χ4n) is 3.08. The van der Waals surface area contributed by atoms with E-state index in [-0.39, 0.29) is 23.4 Å². The number of carbonyl (C=O) groups is 1. The maximum absolute atomic E-state index is 12.4. The molecule has 0 aliphatic rings. The number of hydrogen-bond donors (Lipinski definition) is 1. The average molecular weight is 354 g/mol. The average Bonchev–Trinajstić information content (AvgIpc) is 2.59. The Hall–Kier alpha value is -2.36. The second-order valence-electron chi connectivity index (χ2n) is 7.61. The van der Waals surface area contributed by atoms with Crippen molar-refractivity contribution in [2.24, 2.45) is 11.8 Å². The number of amides is 1. The monoisotopic (exact) mass is 354 g/mol. The van der Waals surface area contributed by atoms with Crippen LogP contribution in [0.4, 0.5) is 0 Å². The lowest BCUT2D eigenvalue weighted by atomic mass is 9.93. The van der Waals surface area contributed by atoms with Crippen LogP contribution in [-0.4, -0.2) is 10.5 Å². The summed E-state index contributed by atoms with van der Waals surface area (Å²) in [6.07, 6.45) is 3.06. The van der Waals surface area contributed by atoms with Crippen molar-refractivity contribution in [2.75, 3.05) is 0 Å². The Kier molecular flexibility index (Phi) is 7.19. The molecule has 0 bridgehead atoms. The second-order valence-corrected chi connectivity index (χ2v) is 7.61. The van der Waals surface area contributed by atoms with Crippen LogP contribution >= 0.6 is 0 Å². The zero-order valence-electron chi connectivity index (χ0n) is 16.2. The molecule has 1 heterocycles. The molecule has 0 saturated heterocycles. The van der Waals surface area contributed by atoms with Crippen LogP contribution in [0.3, 0.4) is 0 Å². The number of aromatic nitrogens is 1. The van der Waals surface area contributed by atoms with E-state index in [1.54, 1.807) is 22.9 Å². The van der Waals surface area contributed by atoms with E-state index in [1.165, 1.54) is 11.6 Å². The molecule has 0 spiro atoms. The summed E-state index contributed by atoms with van der Waals surface area (Å²) in [5, 5.41) is 3.13. The minimum absolute atomic E-state index is 0.0249. The Morgan fingerprint density at radius 1 is 1.04 bits per heavy atom. The molecule has 2 aromatic rings. The summed E-state index contributed by atoms with van der Waals surface area (Å²) in [6.45, 7) is 9.03. The highest BCUT2D eigenvalue weighted by atomic mass is 16.2. The smallest absolute Gasteiger partial charge is 0.250 e. The zero-order chi connectivity index (χ0) is 19.1. The second kappa shape index (κ2) is 9.37. The summed E-state index contributed by atoms with van der Waals surface area (Å²) in [5.41, 5.74) is 2.36. The van der Waals surface area contributed by atoms with E-state index in [4.69, 9.17) is 0 Å². The molecule has 0 aliphatic heterocycles. The summed E-state index contributed by atoms with van der Waals surface area (Å²) >= 11 is 0.